The molecule has 1 N–H and O–H groups in total. The van der Waals surface area contributed by atoms with Crippen LogP contribution in [0.4, 0.5) is 10.1 Å². The van der Waals surface area contributed by atoms with Crippen LogP contribution in [-0.4, -0.2) is 24.9 Å². The third-order valence-corrected chi connectivity index (χ3v) is 6.39. The molecule has 2 aromatic rings. The van der Waals surface area contributed by atoms with Crippen LogP contribution in [0.3, 0.4) is 0 Å². The number of pyridine rings is 1. The number of ketones is 1. The van der Waals surface area contributed by atoms with E-state index in [-0.39, 0.29) is 29.6 Å². The number of carbonyl (C=O) groups excluding carboxylic acids is 1. The van der Waals surface area contributed by atoms with Crippen molar-refractivity contribution < 1.29 is 17.6 Å². The number of nitrogens with one attached hydrogen (secondary N) is 1. The largest absolute Gasteiger partial charge is 0.299 e. The number of hydrogen-bond donors (Lipinski definition) is 1. The van der Waals surface area contributed by atoms with Gasteiger partial charge in [-0.3, -0.25) is 14.5 Å². The zero-order valence-corrected chi connectivity index (χ0v) is 16.4. The SMILES string of the molecule is CCS(=O)(=O)Nc1ccc(-c2cc(CC(=O)C3CC3)nc3c2C=CC3)c(F)c1. The normalized spacial score (nSPS) is 15.5. The van der Waals surface area contributed by atoms with E-state index in [4.69, 9.17) is 0 Å². The molecule has 1 heterocycles. The predicted molar refractivity (Wildman–Crippen MR) is 107 cm³/mol. The maximum atomic E-state index is 14.9. The molecular formula is C21H21FN2O3S. The molecule has 2 aliphatic carbocycles. The smallest absolute Gasteiger partial charge is 0.232 e. The maximum absolute atomic E-state index is 14.9. The Hall–Kier alpha value is -2.54. The summed E-state index contributed by atoms with van der Waals surface area (Å²) in [5, 5.41) is 0. The average Bonchev–Trinajstić information content (AvgIpc) is 3.39. The van der Waals surface area contributed by atoms with E-state index in [0.717, 1.165) is 24.1 Å². The fourth-order valence-electron chi connectivity index (χ4n) is 3.39. The van der Waals surface area contributed by atoms with Crippen LogP contribution in [0.15, 0.2) is 30.3 Å². The van der Waals surface area contributed by atoms with Crippen LogP contribution in [0.2, 0.25) is 0 Å². The Morgan fingerprint density at radius 2 is 2.04 bits per heavy atom. The van der Waals surface area contributed by atoms with Crippen molar-refractivity contribution in [3.8, 4) is 11.1 Å². The van der Waals surface area contributed by atoms with Crippen molar-refractivity contribution >= 4 is 27.6 Å². The number of anilines is 1. The number of fused-ring (bicyclic) bond motifs is 1. The zero-order chi connectivity index (χ0) is 19.9. The third kappa shape index (κ3) is 3.85. The lowest BCUT2D eigenvalue weighted by atomic mass is 9.97. The number of benzene rings is 1. The van der Waals surface area contributed by atoms with Crippen molar-refractivity contribution in [1.29, 1.82) is 0 Å². The Labute approximate surface area is 163 Å². The summed E-state index contributed by atoms with van der Waals surface area (Å²) < 4.78 is 40.7. The minimum absolute atomic E-state index is 0.0859. The molecular weight excluding hydrogens is 379 g/mol. The van der Waals surface area contributed by atoms with Crippen molar-refractivity contribution in [3.05, 3.63) is 53.1 Å². The van der Waals surface area contributed by atoms with Crippen LogP contribution in [0.1, 0.15) is 36.7 Å². The van der Waals surface area contributed by atoms with E-state index in [1.165, 1.54) is 13.0 Å². The first-order valence-electron chi connectivity index (χ1n) is 9.39. The van der Waals surface area contributed by atoms with Gasteiger partial charge < -0.3 is 0 Å². The molecule has 1 fully saturated rings. The summed E-state index contributed by atoms with van der Waals surface area (Å²) in [5.41, 5.74) is 3.58. The highest BCUT2D eigenvalue weighted by Crippen LogP contribution is 2.35. The number of rotatable bonds is 7. The average molecular weight is 400 g/mol. The summed E-state index contributed by atoms with van der Waals surface area (Å²) in [5.74, 6) is -0.268. The van der Waals surface area contributed by atoms with Gasteiger partial charge in [-0.25, -0.2) is 12.8 Å². The summed E-state index contributed by atoms with van der Waals surface area (Å²) in [6.45, 7) is 1.52. The van der Waals surface area contributed by atoms with Gasteiger partial charge in [-0.15, -0.1) is 0 Å². The van der Waals surface area contributed by atoms with Gasteiger partial charge in [0, 0.05) is 35.6 Å². The van der Waals surface area contributed by atoms with Crippen molar-refractivity contribution in [2.75, 3.05) is 10.5 Å². The van der Waals surface area contributed by atoms with Crippen LogP contribution in [0.5, 0.6) is 0 Å². The van der Waals surface area contributed by atoms with Gasteiger partial charge >= 0.3 is 0 Å². The Morgan fingerprint density at radius 3 is 2.71 bits per heavy atom. The molecule has 0 unspecified atom stereocenters. The standard InChI is InChI=1S/C21H21FN2O3S/c1-2-28(26,27)24-14-8-9-16(19(22)11-14)18-10-15(12-21(25)13-6-7-13)23-20-5-3-4-17(18)20/h3-4,8-11,13,24H,2,5-7,12H2,1H3. The molecule has 0 saturated heterocycles. The molecule has 146 valence electrons. The zero-order valence-electron chi connectivity index (χ0n) is 15.5. The molecule has 0 amide bonds. The van der Waals surface area contributed by atoms with E-state index in [2.05, 4.69) is 9.71 Å². The predicted octanol–water partition coefficient (Wildman–Crippen LogP) is 3.74. The number of allylic oxidation sites excluding steroid dienone is 1. The Morgan fingerprint density at radius 1 is 1.25 bits per heavy atom. The number of aromatic nitrogens is 1. The van der Waals surface area contributed by atoms with E-state index in [1.54, 1.807) is 18.2 Å². The number of carbonyl (C=O) groups is 1. The third-order valence-electron chi connectivity index (χ3n) is 5.09. The molecule has 0 spiro atoms. The second-order valence-corrected chi connectivity index (χ2v) is 9.26. The van der Waals surface area contributed by atoms with E-state index >= 15 is 0 Å². The quantitative estimate of drug-likeness (QED) is 0.768. The molecule has 4 rings (SSSR count). The molecule has 1 saturated carbocycles. The lowest BCUT2D eigenvalue weighted by molar-refractivity contribution is -0.119. The fourth-order valence-corrected chi connectivity index (χ4v) is 4.02. The van der Waals surface area contributed by atoms with Crippen molar-refractivity contribution in [3.63, 3.8) is 0 Å². The van der Waals surface area contributed by atoms with Crippen LogP contribution in [0.25, 0.3) is 17.2 Å². The molecule has 0 atom stereocenters. The summed E-state index contributed by atoms with van der Waals surface area (Å²) in [4.78, 5) is 16.8. The van der Waals surface area contributed by atoms with Gasteiger partial charge in [0.15, 0.2) is 0 Å². The molecule has 2 aliphatic rings. The summed E-state index contributed by atoms with van der Waals surface area (Å²) >= 11 is 0. The van der Waals surface area contributed by atoms with E-state index in [0.29, 0.717) is 23.2 Å². The lowest BCUT2D eigenvalue weighted by Crippen LogP contribution is -2.14. The Bertz CT molecular complexity index is 1090. The highest BCUT2D eigenvalue weighted by molar-refractivity contribution is 7.92. The summed E-state index contributed by atoms with van der Waals surface area (Å²) in [7, 11) is -3.47. The van der Waals surface area contributed by atoms with Gasteiger partial charge in [0.2, 0.25) is 10.0 Å². The van der Waals surface area contributed by atoms with Crippen LogP contribution in [0, 0.1) is 11.7 Å². The van der Waals surface area contributed by atoms with E-state index in [9.17, 15) is 17.6 Å². The van der Waals surface area contributed by atoms with Crippen LogP contribution >= 0.6 is 0 Å². The number of nitrogens with zero attached hydrogens (tertiary/aromatic N) is 1. The second kappa shape index (κ2) is 7.13. The molecule has 1 aromatic heterocycles. The highest BCUT2D eigenvalue weighted by atomic mass is 32.2. The van der Waals surface area contributed by atoms with Crippen molar-refractivity contribution in [1.82, 2.24) is 4.98 Å². The van der Waals surface area contributed by atoms with Crippen LogP contribution in [-0.2, 0) is 27.7 Å². The molecule has 5 nitrogen and oxygen atoms in total. The van der Waals surface area contributed by atoms with Gasteiger partial charge in [-0.2, -0.15) is 0 Å². The summed E-state index contributed by atoms with van der Waals surface area (Å²) in [6.07, 6.45) is 6.70. The van der Waals surface area contributed by atoms with Gasteiger partial charge in [0.05, 0.1) is 17.1 Å². The molecule has 0 bridgehead atoms. The minimum atomic E-state index is -3.47. The first-order chi connectivity index (χ1) is 13.4. The first-order valence-corrected chi connectivity index (χ1v) is 11.0. The highest BCUT2D eigenvalue weighted by Gasteiger charge is 2.30. The Balaban J connectivity index is 1.70. The van der Waals surface area contributed by atoms with Crippen LogP contribution < -0.4 is 4.72 Å². The molecule has 0 radical (unpaired) electrons. The molecule has 1 aromatic carbocycles. The summed E-state index contributed by atoms with van der Waals surface area (Å²) in [6, 6.07) is 6.08. The molecule has 28 heavy (non-hydrogen) atoms. The maximum Gasteiger partial charge on any atom is 0.232 e. The van der Waals surface area contributed by atoms with Gasteiger partial charge in [-0.1, -0.05) is 12.2 Å². The van der Waals surface area contributed by atoms with E-state index in [1.807, 2.05) is 12.2 Å². The van der Waals surface area contributed by atoms with E-state index < -0.39 is 15.8 Å². The van der Waals surface area contributed by atoms with Gasteiger partial charge in [0.25, 0.3) is 0 Å². The monoisotopic (exact) mass is 400 g/mol. The molecule has 0 aliphatic heterocycles. The number of Topliss-reactive ketones (excluding diaryl/α,β-unsaturated/α-hetero) is 1. The van der Waals surface area contributed by atoms with Gasteiger partial charge in [0.1, 0.15) is 11.6 Å². The minimum Gasteiger partial charge on any atom is -0.299 e. The second-order valence-electron chi connectivity index (χ2n) is 7.25. The van der Waals surface area contributed by atoms with Crippen molar-refractivity contribution in [2.24, 2.45) is 5.92 Å². The lowest BCUT2D eigenvalue weighted by Gasteiger charge is -2.13. The number of halogens is 1. The topological polar surface area (TPSA) is 76.1 Å². The fraction of sp³-hybridized carbons (Fsp3) is 0.333. The number of sulfonamides is 1. The Kier molecular flexibility index (Phi) is 4.79. The first kappa shape index (κ1) is 18.8. The number of hydrogen-bond acceptors (Lipinski definition) is 4. The van der Waals surface area contributed by atoms with Gasteiger partial charge in [-0.05, 0) is 49.6 Å². The van der Waals surface area contributed by atoms with Crippen molar-refractivity contribution in [2.45, 2.75) is 32.6 Å². The molecule has 7 heteroatoms.